The van der Waals surface area contributed by atoms with Gasteiger partial charge in [-0.25, -0.2) is 0 Å². The summed E-state index contributed by atoms with van der Waals surface area (Å²) in [6.45, 7) is 0.660. The third-order valence-corrected chi connectivity index (χ3v) is 4.38. The van der Waals surface area contributed by atoms with Gasteiger partial charge < -0.3 is 10.4 Å². The fourth-order valence-electron chi connectivity index (χ4n) is 2.22. The number of carbonyl (C=O) groups is 1. The number of phenolic OH excluding ortho intramolecular Hbond substituents is 1. The van der Waals surface area contributed by atoms with Crippen LogP contribution in [0.1, 0.15) is 29.6 Å². The first-order valence-corrected chi connectivity index (χ1v) is 7.26. The highest BCUT2D eigenvalue weighted by atomic mass is 79.9. The quantitative estimate of drug-likeness (QED) is 0.834. The molecule has 1 aliphatic rings. The Hall–Kier alpha value is -0.740. The molecule has 1 aromatic rings. The maximum atomic E-state index is 11.9. The lowest BCUT2D eigenvalue weighted by atomic mass is 10.1. The second-order valence-electron chi connectivity index (χ2n) is 4.65. The van der Waals surface area contributed by atoms with Crippen LogP contribution in [0.2, 0.25) is 5.02 Å². The van der Waals surface area contributed by atoms with Crippen LogP contribution in [-0.2, 0) is 0 Å². The molecule has 3 nitrogen and oxygen atoms in total. The molecule has 18 heavy (non-hydrogen) atoms. The van der Waals surface area contributed by atoms with Gasteiger partial charge in [0.2, 0.25) is 0 Å². The maximum absolute atomic E-state index is 11.9. The monoisotopic (exact) mass is 331 g/mol. The van der Waals surface area contributed by atoms with Crippen LogP contribution in [0, 0.1) is 5.92 Å². The summed E-state index contributed by atoms with van der Waals surface area (Å²) in [5.41, 5.74) is 0.324. The van der Waals surface area contributed by atoms with E-state index in [4.69, 9.17) is 11.6 Å². The molecule has 2 rings (SSSR count). The number of alkyl halides is 1. The summed E-state index contributed by atoms with van der Waals surface area (Å²) in [7, 11) is 0. The first-order chi connectivity index (χ1) is 8.56. The van der Waals surface area contributed by atoms with E-state index < -0.39 is 0 Å². The van der Waals surface area contributed by atoms with Crippen molar-refractivity contribution in [3.05, 3.63) is 28.8 Å². The molecule has 1 saturated carbocycles. The minimum atomic E-state index is -0.228. The van der Waals surface area contributed by atoms with Crippen molar-refractivity contribution in [3.8, 4) is 5.75 Å². The number of phenols is 1. The maximum Gasteiger partial charge on any atom is 0.252 e. The Labute approximate surface area is 120 Å². The number of nitrogens with one attached hydrogen (secondary N) is 1. The molecule has 1 fully saturated rings. The van der Waals surface area contributed by atoms with Gasteiger partial charge in [0, 0.05) is 11.4 Å². The number of hydrogen-bond acceptors (Lipinski definition) is 2. The van der Waals surface area contributed by atoms with Gasteiger partial charge in [-0.15, -0.1) is 0 Å². The summed E-state index contributed by atoms with van der Waals surface area (Å²) < 4.78 is 0. The van der Waals surface area contributed by atoms with Crippen molar-refractivity contribution in [1.29, 1.82) is 0 Å². The number of carbonyl (C=O) groups excluding carboxylic acids is 1. The molecule has 0 aliphatic heterocycles. The molecule has 2 N–H and O–H groups in total. The third-order valence-electron chi connectivity index (χ3n) is 3.22. The zero-order valence-electron chi connectivity index (χ0n) is 9.83. The SMILES string of the molecule is O=C(NCC1CCC(Br)C1)c1cc(O)ccc1Cl. The zero-order chi connectivity index (χ0) is 13.1. The minimum absolute atomic E-state index is 0.0472. The van der Waals surface area contributed by atoms with Crippen LogP contribution in [0.4, 0.5) is 0 Å². The average molecular weight is 333 g/mol. The first-order valence-electron chi connectivity index (χ1n) is 5.97. The molecule has 0 spiro atoms. The Morgan fingerprint density at radius 2 is 2.28 bits per heavy atom. The van der Waals surface area contributed by atoms with Gasteiger partial charge in [-0.2, -0.15) is 0 Å². The summed E-state index contributed by atoms with van der Waals surface area (Å²) >= 11 is 9.52. The van der Waals surface area contributed by atoms with Crippen molar-refractivity contribution in [3.63, 3.8) is 0 Å². The summed E-state index contributed by atoms with van der Waals surface area (Å²) in [6.07, 6.45) is 3.38. The average Bonchev–Trinajstić information content (AvgIpc) is 2.75. The Bertz CT molecular complexity index is 453. The van der Waals surface area contributed by atoms with Crippen molar-refractivity contribution < 1.29 is 9.90 Å². The lowest BCUT2D eigenvalue weighted by molar-refractivity contribution is 0.0947. The molecule has 0 aromatic heterocycles. The van der Waals surface area contributed by atoms with Crippen LogP contribution in [0.15, 0.2) is 18.2 Å². The van der Waals surface area contributed by atoms with E-state index in [1.54, 1.807) is 0 Å². The Balaban J connectivity index is 1.93. The highest BCUT2D eigenvalue weighted by molar-refractivity contribution is 9.09. The zero-order valence-corrected chi connectivity index (χ0v) is 12.2. The molecule has 2 atom stereocenters. The molecule has 0 bridgehead atoms. The molecular weight excluding hydrogens is 318 g/mol. The lowest BCUT2D eigenvalue weighted by Gasteiger charge is -2.11. The largest absolute Gasteiger partial charge is 0.508 e. The number of halogens is 2. The third kappa shape index (κ3) is 3.39. The molecular formula is C13H15BrClNO2. The van der Waals surface area contributed by atoms with E-state index in [0.717, 1.165) is 19.3 Å². The van der Waals surface area contributed by atoms with Crippen LogP contribution in [0.5, 0.6) is 5.75 Å². The van der Waals surface area contributed by atoms with E-state index in [1.807, 2.05) is 0 Å². The number of benzene rings is 1. The standard InChI is InChI=1S/C13H15BrClNO2/c14-9-2-1-8(5-9)7-16-13(18)11-6-10(17)3-4-12(11)15/h3-4,6,8-9,17H,1-2,5,7H2,(H,16,18). The molecule has 0 radical (unpaired) electrons. The van der Waals surface area contributed by atoms with Crippen LogP contribution >= 0.6 is 27.5 Å². The second-order valence-corrected chi connectivity index (χ2v) is 6.35. The number of aromatic hydroxyl groups is 1. The fraction of sp³-hybridized carbons (Fsp3) is 0.462. The molecule has 1 aromatic carbocycles. The molecule has 1 amide bonds. The van der Waals surface area contributed by atoms with Crippen LogP contribution in [0.25, 0.3) is 0 Å². The van der Waals surface area contributed by atoms with Crippen molar-refractivity contribution in [1.82, 2.24) is 5.32 Å². The van der Waals surface area contributed by atoms with E-state index in [2.05, 4.69) is 21.2 Å². The summed E-state index contributed by atoms with van der Waals surface area (Å²) in [4.78, 5) is 12.5. The predicted molar refractivity (Wildman–Crippen MR) is 75.5 cm³/mol. The summed E-state index contributed by atoms with van der Waals surface area (Å²) in [5, 5.41) is 12.6. The van der Waals surface area contributed by atoms with Crippen LogP contribution < -0.4 is 5.32 Å². The van der Waals surface area contributed by atoms with Crippen molar-refractivity contribution >= 4 is 33.4 Å². The number of rotatable bonds is 3. The van der Waals surface area contributed by atoms with Crippen molar-refractivity contribution in [2.75, 3.05) is 6.54 Å². The molecule has 0 saturated heterocycles. The van der Waals surface area contributed by atoms with E-state index in [1.165, 1.54) is 18.2 Å². The topological polar surface area (TPSA) is 49.3 Å². The molecule has 2 unspecified atom stereocenters. The molecule has 1 aliphatic carbocycles. The molecule has 5 heteroatoms. The van der Waals surface area contributed by atoms with Gasteiger partial charge in [-0.1, -0.05) is 27.5 Å². The van der Waals surface area contributed by atoms with Crippen molar-refractivity contribution in [2.24, 2.45) is 5.92 Å². The Morgan fingerprint density at radius 1 is 1.50 bits per heavy atom. The number of hydrogen-bond donors (Lipinski definition) is 2. The van der Waals surface area contributed by atoms with Gasteiger partial charge in [0.25, 0.3) is 5.91 Å². The van der Waals surface area contributed by atoms with Gasteiger partial charge in [0.05, 0.1) is 10.6 Å². The fourth-order valence-corrected chi connectivity index (χ4v) is 3.22. The Kier molecular flexibility index (Phi) is 4.51. The molecule has 0 heterocycles. The molecule has 98 valence electrons. The smallest absolute Gasteiger partial charge is 0.252 e. The Morgan fingerprint density at radius 3 is 2.94 bits per heavy atom. The minimum Gasteiger partial charge on any atom is -0.508 e. The highest BCUT2D eigenvalue weighted by Gasteiger charge is 2.23. The lowest BCUT2D eigenvalue weighted by Crippen LogP contribution is -2.28. The number of amides is 1. The second kappa shape index (κ2) is 5.93. The van der Waals surface area contributed by atoms with Crippen LogP contribution in [-0.4, -0.2) is 22.4 Å². The summed E-state index contributed by atoms with van der Waals surface area (Å²) in [5.74, 6) is 0.342. The van der Waals surface area contributed by atoms with Gasteiger partial charge in [-0.3, -0.25) is 4.79 Å². The van der Waals surface area contributed by atoms with Crippen LogP contribution in [0.3, 0.4) is 0 Å². The van der Waals surface area contributed by atoms with Gasteiger partial charge in [0.1, 0.15) is 5.75 Å². The van der Waals surface area contributed by atoms with Crippen molar-refractivity contribution in [2.45, 2.75) is 24.1 Å². The predicted octanol–water partition coefficient (Wildman–Crippen LogP) is 3.34. The van der Waals surface area contributed by atoms with E-state index in [0.29, 0.717) is 27.9 Å². The normalized spacial score (nSPS) is 23.0. The van der Waals surface area contributed by atoms with Gasteiger partial charge in [-0.05, 0) is 43.4 Å². The highest BCUT2D eigenvalue weighted by Crippen LogP contribution is 2.30. The van der Waals surface area contributed by atoms with E-state index >= 15 is 0 Å². The van der Waals surface area contributed by atoms with E-state index in [9.17, 15) is 9.90 Å². The van der Waals surface area contributed by atoms with E-state index in [-0.39, 0.29) is 11.7 Å². The van der Waals surface area contributed by atoms with Gasteiger partial charge in [0.15, 0.2) is 0 Å². The first kappa shape index (κ1) is 13.7. The summed E-state index contributed by atoms with van der Waals surface area (Å²) in [6, 6.07) is 4.38. The van der Waals surface area contributed by atoms with Gasteiger partial charge >= 0.3 is 0 Å².